The van der Waals surface area contributed by atoms with E-state index >= 15 is 0 Å². The zero-order valence-corrected chi connectivity index (χ0v) is 10.5. The number of hydrogen-bond donors (Lipinski definition) is 0. The molecule has 2 aromatic carbocycles. The van der Waals surface area contributed by atoms with Crippen LogP contribution >= 0.6 is 0 Å². The Morgan fingerprint density at radius 2 is 1.71 bits per heavy atom. The third kappa shape index (κ3) is 3.21. The maximum Gasteiger partial charge on any atom is 0.343 e. The summed E-state index contributed by atoms with van der Waals surface area (Å²) in [5.74, 6) is -2.54. The van der Waals surface area contributed by atoms with Gasteiger partial charge in [-0.2, -0.15) is 0 Å². The zero-order valence-electron chi connectivity index (χ0n) is 10.5. The van der Waals surface area contributed by atoms with E-state index < -0.39 is 28.1 Å². The number of nitrogens with zero attached hydrogens (tertiary/aromatic N) is 1. The summed E-state index contributed by atoms with van der Waals surface area (Å²) < 4.78 is 4.97. The van der Waals surface area contributed by atoms with Crippen LogP contribution in [0.5, 0.6) is 5.75 Å². The normalized spacial score (nSPS) is 9.90. The van der Waals surface area contributed by atoms with Gasteiger partial charge in [0.25, 0.3) is 5.69 Å². The summed E-state index contributed by atoms with van der Waals surface area (Å²) in [4.78, 5) is 32.5. The number of aromatic carboxylic acids is 1. The van der Waals surface area contributed by atoms with Gasteiger partial charge in [-0.1, -0.05) is 18.2 Å². The Hall–Kier alpha value is -3.22. The first-order valence-electron chi connectivity index (χ1n) is 5.76. The fourth-order valence-electron chi connectivity index (χ4n) is 1.64. The summed E-state index contributed by atoms with van der Waals surface area (Å²) in [5.41, 5.74) is -1.02. The smallest absolute Gasteiger partial charge is 0.343 e. The number of benzene rings is 2. The van der Waals surface area contributed by atoms with Crippen molar-refractivity contribution in [2.45, 2.75) is 0 Å². The molecule has 0 aliphatic heterocycles. The molecule has 21 heavy (non-hydrogen) atoms. The van der Waals surface area contributed by atoms with E-state index in [0.717, 1.165) is 18.2 Å². The molecule has 0 spiro atoms. The van der Waals surface area contributed by atoms with Crippen LogP contribution in [0, 0.1) is 10.1 Å². The molecule has 2 aromatic rings. The predicted octanol–water partition coefficient (Wildman–Crippen LogP) is 1.18. The summed E-state index contributed by atoms with van der Waals surface area (Å²) in [5, 5.41) is 21.6. The molecule has 0 saturated carbocycles. The van der Waals surface area contributed by atoms with Crippen LogP contribution in [0.2, 0.25) is 0 Å². The molecule has 0 amide bonds. The van der Waals surface area contributed by atoms with Gasteiger partial charge in [0.15, 0.2) is 0 Å². The first kappa shape index (κ1) is 14.2. The van der Waals surface area contributed by atoms with Crippen LogP contribution in [0.15, 0.2) is 48.5 Å². The molecule has 7 nitrogen and oxygen atoms in total. The first-order chi connectivity index (χ1) is 9.99. The third-order valence-electron chi connectivity index (χ3n) is 2.60. The van der Waals surface area contributed by atoms with Gasteiger partial charge in [-0.15, -0.1) is 0 Å². The van der Waals surface area contributed by atoms with Gasteiger partial charge >= 0.3 is 5.97 Å². The number of carbonyl (C=O) groups excluding carboxylic acids is 2. The van der Waals surface area contributed by atoms with Crippen molar-refractivity contribution < 1.29 is 24.4 Å². The third-order valence-corrected chi connectivity index (χ3v) is 2.60. The van der Waals surface area contributed by atoms with Crippen molar-refractivity contribution in [3.05, 3.63) is 69.8 Å². The Morgan fingerprint density at radius 3 is 2.29 bits per heavy atom. The van der Waals surface area contributed by atoms with Gasteiger partial charge in [0.05, 0.1) is 22.0 Å². The Bertz CT molecular complexity index is 711. The van der Waals surface area contributed by atoms with E-state index in [1.807, 2.05) is 0 Å². The maximum atomic E-state index is 11.8. The summed E-state index contributed by atoms with van der Waals surface area (Å²) in [6.07, 6.45) is 0. The van der Waals surface area contributed by atoms with Crippen molar-refractivity contribution in [1.29, 1.82) is 0 Å². The number of esters is 1. The molecule has 0 unspecified atom stereocenters. The Labute approximate surface area is 118 Å². The number of rotatable bonds is 4. The quantitative estimate of drug-likeness (QED) is 0.361. The topological polar surface area (TPSA) is 110 Å². The van der Waals surface area contributed by atoms with E-state index in [1.165, 1.54) is 12.1 Å². The van der Waals surface area contributed by atoms with Gasteiger partial charge in [0.1, 0.15) is 5.75 Å². The molecule has 0 fully saturated rings. The number of nitro benzene ring substituents is 1. The second-order valence-corrected chi connectivity index (χ2v) is 3.98. The van der Waals surface area contributed by atoms with Crippen molar-refractivity contribution in [2.24, 2.45) is 0 Å². The molecule has 2 rings (SSSR count). The lowest BCUT2D eigenvalue weighted by atomic mass is 10.1. The number of carboxylic acids is 1. The van der Waals surface area contributed by atoms with Crippen LogP contribution < -0.4 is 9.84 Å². The minimum Gasteiger partial charge on any atom is -0.545 e. The van der Waals surface area contributed by atoms with E-state index in [1.54, 1.807) is 18.2 Å². The summed E-state index contributed by atoms with van der Waals surface area (Å²) in [6, 6.07) is 11.0. The molecule has 0 bridgehead atoms. The minimum absolute atomic E-state index is 0.117. The highest BCUT2D eigenvalue weighted by molar-refractivity contribution is 5.93. The van der Waals surface area contributed by atoms with Crippen LogP contribution in [0.25, 0.3) is 0 Å². The molecular formula is C14H8NO6-. The van der Waals surface area contributed by atoms with Gasteiger partial charge in [-0.3, -0.25) is 10.1 Å². The Balaban J connectivity index is 2.30. The Morgan fingerprint density at radius 1 is 1.05 bits per heavy atom. The molecule has 0 aromatic heterocycles. The molecule has 0 heterocycles. The summed E-state index contributed by atoms with van der Waals surface area (Å²) in [6.45, 7) is 0. The van der Waals surface area contributed by atoms with Gasteiger partial charge < -0.3 is 14.6 Å². The predicted molar refractivity (Wildman–Crippen MR) is 68.8 cm³/mol. The van der Waals surface area contributed by atoms with Crippen molar-refractivity contribution in [3.8, 4) is 5.75 Å². The first-order valence-corrected chi connectivity index (χ1v) is 5.76. The fourth-order valence-corrected chi connectivity index (χ4v) is 1.64. The number of nitro groups is 1. The molecule has 106 valence electrons. The highest BCUT2D eigenvalue weighted by Gasteiger charge is 2.17. The van der Waals surface area contributed by atoms with E-state index in [-0.39, 0.29) is 11.3 Å². The van der Waals surface area contributed by atoms with Crippen molar-refractivity contribution in [3.63, 3.8) is 0 Å². The number of hydrogen-bond acceptors (Lipinski definition) is 6. The minimum atomic E-state index is -1.72. The van der Waals surface area contributed by atoms with Crippen LogP contribution in [-0.4, -0.2) is 16.9 Å². The van der Waals surface area contributed by atoms with Gasteiger partial charge in [0.2, 0.25) is 0 Å². The highest BCUT2D eigenvalue weighted by Crippen LogP contribution is 2.24. The van der Waals surface area contributed by atoms with E-state index in [9.17, 15) is 24.8 Å². The number of ether oxygens (including phenoxy) is 1. The van der Waals surface area contributed by atoms with E-state index in [2.05, 4.69) is 0 Å². The SMILES string of the molecule is O=C(Oc1ccc([N+](=O)[O-])c(C(=O)[O-])c1)c1ccccc1. The Kier molecular flexibility index (Phi) is 3.94. The molecule has 0 aliphatic carbocycles. The lowest BCUT2D eigenvalue weighted by molar-refractivity contribution is -0.385. The monoisotopic (exact) mass is 286 g/mol. The fraction of sp³-hybridized carbons (Fsp3) is 0. The molecular weight excluding hydrogens is 278 g/mol. The average Bonchev–Trinajstić information content (AvgIpc) is 2.47. The lowest BCUT2D eigenvalue weighted by Gasteiger charge is -2.08. The number of carbonyl (C=O) groups is 2. The van der Waals surface area contributed by atoms with E-state index in [0.29, 0.717) is 0 Å². The molecule has 0 saturated heterocycles. The second kappa shape index (κ2) is 5.83. The molecule has 0 atom stereocenters. The van der Waals surface area contributed by atoms with Crippen molar-refractivity contribution in [1.82, 2.24) is 0 Å². The number of carboxylic acid groups (broad SMARTS) is 1. The molecule has 7 heteroatoms. The average molecular weight is 286 g/mol. The molecule has 0 N–H and O–H groups in total. The van der Waals surface area contributed by atoms with Gasteiger partial charge in [0, 0.05) is 6.07 Å². The standard InChI is InChI=1S/C14H9NO6/c16-13(17)11-8-10(6-7-12(11)15(19)20)21-14(18)9-4-2-1-3-5-9/h1-8H,(H,16,17)/p-1. The molecule has 0 radical (unpaired) electrons. The lowest BCUT2D eigenvalue weighted by Crippen LogP contribution is -2.23. The largest absolute Gasteiger partial charge is 0.545 e. The van der Waals surface area contributed by atoms with Gasteiger partial charge in [-0.05, 0) is 24.3 Å². The summed E-state index contributed by atoms with van der Waals surface area (Å²) in [7, 11) is 0. The van der Waals surface area contributed by atoms with E-state index in [4.69, 9.17) is 4.74 Å². The summed E-state index contributed by atoms with van der Waals surface area (Å²) >= 11 is 0. The zero-order chi connectivity index (χ0) is 15.4. The van der Waals surface area contributed by atoms with Crippen LogP contribution in [-0.2, 0) is 0 Å². The van der Waals surface area contributed by atoms with Crippen LogP contribution in [0.1, 0.15) is 20.7 Å². The van der Waals surface area contributed by atoms with Crippen molar-refractivity contribution >= 4 is 17.6 Å². The maximum absolute atomic E-state index is 11.8. The highest BCUT2D eigenvalue weighted by atomic mass is 16.6. The van der Waals surface area contributed by atoms with Crippen molar-refractivity contribution in [2.75, 3.05) is 0 Å². The molecule has 0 aliphatic rings. The second-order valence-electron chi connectivity index (χ2n) is 3.98. The van der Waals surface area contributed by atoms with Gasteiger partial charge in [-0.25, -0.2) is 4.79 Å². The van der Waals surface area contributed by atoms with Crippen LogP contribution in [0.4, 0.5) is 5.69 Å². The van der Waals surface area contributed by atoms with Crippen LogP contribution in [0.3, 0.4) is 0 Å².